The first-order valence-electron chi connectivity index (χ1n) is 7.76. The van der Waals surface area contributed by atoms with Crippen LogP contribution in [0.1, 0.15) is 18.7 Å². The van der Waals surface area contributed by atoms with E-state index in [2.05, 4.69) is 22.1 Å². The van der Waals surface area contributed by atoms with E-state index in [0.29, 0.717) is 17.5 Å². The fourth-order valence-electron chi connectivity index (χ4n) is 2.64. The zero-order chi connectivity index (χ0) is 16.2. The Hall–Kier alpha value is -2.12. The van der Waals surface area contributed by atoms with Crippen molar-refractivity contribution >= 4 is 0 Å². The van der Waals surface area contributed by atoms with Crippen molar-refractivity contribution in [2.24, 2.45) is 5.73 Å². The van der Waals surface area contributed by atoms with Gasteiger partial charge in [-0.25, -0.2) is 0 Å². The molecule has 0 saturated carbocycles. The van der Waals surface area contributed by atoms with E-state index >= 15 is 0 Å². The second-order valence-electron chi connectivity index (χ2n) is 5.70. The summed E-state index contributed by atoms with van der Waals surface area (Å²) in [6.07, 6.45) is 2.26. The predicted octanol–water partition coefficient (Wildman–Crippen LogP) is 1.68. The molecular weight excluding hydrogens is 296 g/mol. The molecule has 2 aromatic rings. The van der Waals surface area contributed by atoms with Crippen LogP contribution in [0.5, 0.6) is 11.5 Å². The molecule has 0 atom stereocenters. The van der Waals surface area contributed by atoms with Gasteiger partial charge >= 0.3 is 0 Å². The molecule has 23 heavy (non-hydrogen) atoms. The monoisotopic (exact) mass is 318 g/mol. The van der Waals surface area contributed by atoms with E-state index in [0.717, 1.165) is 37.2 Å². The van der Waals surface area contributed by atoms with Crippen LogP contribution in [0.4, 0.5) is 0 Å². The Balaban J connectivity index is 1.76. The van der Waals surface area contributed by atoms with Crippen LogP contribution in [-0.4, -0.2) is 48.4 Å². The van der Waals surface area contributed by atoms with Crippen LogP contribution >= 0.6 is 0 Å². The lowest BCUT2D eigenvalue weighted by molar-refractivity contribution is 0.111. The Morgan fingerprint density at radius 2 is 2.09 bits per heavy atom. The van der Waals surface area contributed by atoms with Gasteiger partial charge in [0.05, 0.1) is 13.7 Å². The Morgan fingerprint density at radius 1 is 1.30 bits per heavy atom. The number of hydrogen-bond donors (Lipinski definition) is 1. The van der Waals surface area contributed by atoms with Gasteiger partial charge in [0.25, 0.3) is 0 Å². The van der Waals surface area contributed by atoms with Crippen LogP contribution in [0.25, 0.3) is 11.4 Å². The standard InChI is InChI=1S/C16H22N4O3/c1-20-7-5-12(6-8-20)22-13-4-3-11(9-14(13)21-2)16-18-15(10-17)23-19-16/h3-4,9,12H,5-8,10,17H2,1-2H3. The maximum Gasteiger partial charge on any atom is 0.240 e. The fraction of sp³-hybridized carbons (Fsp3) is 0.500. The number of nitrogens with zero attached hydrogens (tertiary/aromatic N) is 3. The third kappa shape index (κ3) is 3.62. The maximum absolute atomic E-state index is 6.11. The van der Waals surface area contributed by atoms with Crippen molar-refractivity contribution < 1.29 is 14.0 Å². The summed E-state index contributed by atoms with van der Waals surface area (Å²) < 4.78 is 16.6. The number of hydrogen-bond acceptors (Lipinski definition) is 7. The normalized spacial score (nSPS) is 16.5. The molecule has 7 nitrogen and oxygen atoms in total. The van der Waals surface area contributed by atoms with Gasteiger partial charge in [-0.05, 0) is 38.1 Å². The number of piperidine rings is 1. The minimum Gasteiger partial charge on any atom is -0.493 e. The van der Waals surface area contributed by atoms with E-state index < -0.39 is 0 Å². The average molecular weight is 318 g/mol. The van der Waals surface area contributed by atoms with Crippen LogP contribution < -0.4 is 15.2 Å². The van der Waals surface area contributed by atoms with E-state index in [1.807, 2.05) is 18.2 Å². The molecule has 1 saturated heterocycles. The van der Waals surface area contributed by atoms with Crippen LogP contribution in [-0.2, 0) is 6.54 Å². The highest BCUT2D eigenvalue weighted by Gasteiger charge is 2.20. The summed E-state index contributed by atoms with van der Waals surface area (Å²) in [7, 11) is 3.76. The largest absolute Gasteiger partial charge is 0.493 e. The Morgan fingerprint density at radius 3 is 2.74 bits per heavy atom. The third-order valence-corrected chi connectivity index (χ3v) is 4.02. The topological polar surface area (TPSA) is 86.6 Å². The molecule has 0 spiro atoms. The lowest BCUT2D eigenvalue weighted by Gasteiger charge is -2.29. The molecule has 1 aliphatic heterocycles. The second kappa shape index (κ2) is 6.97. The lowest BCUT2D eigenvalue weighted by Crippen LogP contribution is -2.35. The number of rotatable bonds is 5. The van der Waals surface area contributed by atoms with E-state index in [4.69, 9.17) is 19.7 Å². The Bertz CT molecular complexity index is 651. The Kier molecular flexibility index (Phi) is 4.78. The third-order valence-electron chi connectivity index (χ3n) is 4.02. The number of nitrogens with two attached hydrogens (primary N) is 1. The molecule has 1 aromatic carbocycles. The summed E-state index contributed by atoms with van der Waals surface area (Å²) in [5, 5.41) is 3.92. The van der Waals surface area contributed by atoms with E-state index in [1.165, 1.54) is 0 Å². The van der Waals surface area contributed by atoms with Crippen LogP contribution in [0.3, 0.4) is 0 Å². The molecule has 124 valence electrons. The van der Waals surface area contributed by atoms with Gasteiger partial charge in [0.1, 0.15) is 6.10 Å². The van der Waals surface area contributed by atoms with Gasteiger partial charge < -0.3 is 24.6 Å². The zero-order valence-corrected chi connectivity index (χ0v) is 13.5. The number of ether oxygens (including phenoxy) is 2. The summed E-state index contributed by atoms with van der Waals surface area (Å²) in [6.45, 7) is 2.33. The molecule has 1 fully saturated rings. The maximum atomic E-state index is 6.11. The molecule has 0 amide bonds. The summed E-state index contributed by atoms with van der Waals surface area (Å²) in [5.74, 6) is 2.31. The van der Waals surface area contributed by atoms with Crippen molar-refractivity contribution in [1.29, 1.82) is 0 Å². The first-order valence-corrected chi connectivity index (χ1v) is 7.76. The molecule has 2 N–H and O–H groups in total. The van der Waals surface area contributed by atoms with Gasteiger partial charge in [0.2, 0.25) is 11.7 Å². The SMILES string of the molecule is COc1cc(-c2noc(CN)n2)ccc1OC1CCN(C)CC1. The van der Waals surface area contributed by atoms with Crippen LogP contribution in [0.2, 0.25) is 0 Å². The molecule has 1 aromatic heterocycles. The van der Waals surface area contributed by atoms with Crippen molar-refractivity contribution in [3.63, 3.8) is 0 Å². The first-order chi connectivity index (χ1) is 11.2. The fourth-order valence-corrected chi connectivity index (χ4v) is 2.64. The van der Waals surface area contributed by atoms with Crippen LogP contribution in [0, 0.1) is 0 Å². The number of aromatic nitrogens is 2. The van der Waals surface area contributed by atoms with E-state index in [1.54, 1.807) is 7.11 Å². The quantitative estimate of drug-likeness (QED) is 0.897. The summed E-state index contributed by atoms with van der Waals surface area (Å²) in [4.78, 5) is 6.53. The molecule has 0 aliphatic carbocycles. The molecule has 0 bridgehead atoms. The zero-order valence-electron chi connectivity index (χ0n) is 13.5. The highest BCUT2D eigenvalue weighted by molar-refractivity contribution is 5.60. The van der Waals surface area contributed by atoms with Gasteiger partial charge in [-0.2, -0.15) is 4.98 Å². The van der Waals surface area contributed by atoms with E-state index in [9.17, 15) is 0 Å². The smallest absolute Gasteiger partial charge is 0.240 e. The first kappa shape index (κ1) is 15.8. The predicted molar refractivity (Wildman–Crippen MR) is 85.3 cm³/mol. The van der Waals surface area contributed by atoms with Crippen molar-refractivity contribution in [2.75, 3.05) is 27.2 Å². The molecule has 2 heterocycles. The van der Waals surface area contributed by atoms with Gasteiger partial charge in [-0.15, -0.1) is 0 Å². The summed E-state index contributed by atoms with van der Waals surface area (Å²) in [5.41, 5.74) is 6.30. The van der Waals surface area contributed by atoms with Crippen molar-refractivity contribution in [3.8, 4) is 22.9 Å². The van der Waals surface area contributed by atoms with E-state index in [-0.39, 0.29) is 12.6 Å². The van der Waals surface area contributed by atoms with Crippen molar-refractivity contribution in [2.45, 2.75) is 25.5 Å². The molecule has 0 radical (unpaired) electrons. The minimum absolute atomic E-state index is 0.222. The van der Waals surface area contributed by atoms with Crippen molar-refractivity contribution in [1.82, 2.24) is 15.0 Å². The van der Waals surface area contributed by atoms with Gasteiger partial charge in [0.15, 0.2) is 11.5 Å². The highest BCUT2D eigenvalue weighted by Crippen LogP contribution is 2.33. The minimum atomic E-state index is 0.222. The second-order valence-corrected chi connectivity index (χ2v) is 5.70. The number of likely N-dealkylation sites (tertiary alicyclic amines) is 1. The highest BCUT2D eigenvalue weighted by atomic mass is 16.5. The molecule has 3 rings (SSSR count). The molecule has 1 aliphatic rings. The molecular formula is C16H22N4O3. The molecule has 0 unspecified atom stereocenters. The van der Waals surface area contributed by atoms with Gasteiger partial charge in [-0.1, -0.05) is 5.16 Å². The Labute approximate surface area is 135 Å². The summed E-state index contributed by atoms with van der Waals surface area (Å²) in [6, 6.07) is 5.65. The molecule has 7 heteroatoms. The lowest BCUT2D eigenvalue weighted by atomic mass is 10.1. The van der Waals surface area contributed by atoms with Gasteiger partial charge in [-0.3, -0.25) is 0 Å². The number of benzene rings is 1. The van der Waals surface area contributed by atoms with Crippen LogP contribution in [0.15, 0.2) is 22.7 Å². The number of methoxy groups -OCH3 is 1. The van der Waals surface area contributed by atoms with Crippen molar-refractivity contribution in [3.05, 3.63) is 24.1 Å². The average Bonchev–Trinajstić information content (AvgIpc) is 3.06. The summed E-state index contributed by atoms with van der Waals surface area (Å²) >= 11 is 0. The van der Waals surface area contributed by atoms with Gasteiger partial charge in [0, 0.05) is 18.7 Å².